The van der Waals surface area contributed by atoms with Crippen molar-refractivity contribution >= 4 is 21.6 Å². The van der Waals surface area contributed by atoms with Crippen LogP contribution in [-0.4, -0.2) is 39.8 Å². The molecule has 0 radical (unpaired) electrons. The Morgan fingerprint density at radius 3 is 2.57 bits per heavy atom. The Kier molecular flexibility index (Phi) is 5.79. The molecule has 0 saturated carbocycles. The highest BCUT2D eigenvalue weighted by Gasteiger charge is 2.35. The zero-order valence-corrected chi connectivity index (χ0v) is 16.9. The summed E-state index contributed by atoms with van der Waals surface area (Å²) in [6.45, 7) is 4.29. The minimum atomic E-state index is -3.54. The zero-order valence-electron chi connectivity index (χ0n) is 16.1. The molecule has 1 amide bonds. The first-order valence-electron chi connectivity index (χ1n) is 9.06. The van der Waals surface area contributed by atoms with Gasteiger partial charge < -0.3 is 14.8 Å². The number of hydrogen-bond donors (Lipinski definition) is 1. The number of sulfonamides is 1. The van der Waals surface area contributed by atoms with Gasteiger partial charge in [-0.25, -0.2) is 8.42 Å². The number of rotatable bonds is 6. The van der Waals surface area contributed by atoms with Gasteiger partial charge in [0.15, 0.2) is 6.10 Å². The number of amides is 1. The molecule has 2 aromatic carbocycles. The highest BCUT2D eigenvalue weighted by molar-refractivity contribution is 7.92. The van der Waals surface area contributed by atoms with E-state index in [1.807, 2.05) is 38.1 Å². The number of fused-ring (bicyclic) bond motifs is 1. The Bertz CT molecular complexity index is 943. The molecule has 7 nitrogen and oxygen atoms in total. The molecule has 1 heterocycles. The molecule has 0 bridgehead atoms. The van der Waals surface area contributed by atoms with E-state index in [0.29, 0.717) is 18.0 Å². The molecule has 1 aliphatic heterocycles. The molecule has 0 unspecified atom stereocenters. The van der Waals surface area contributed by atoms with E-state index in [4.69, 9.17) is 9.47 Å². The zero-order chi connectivity index (χ0) is 20.3. The highest BCUT2D eigenvalue weighted by Crippen LogP contribution is 2.34. The number of ether oxygens (including phenoxy) is 2. The van der Waals surface area contributed by atoms with Gasteiger partial charge in [0.1, 0.15) is 11.5 Å². The average molecular weight is 404 g/mol. The van der Waals surface area contributed by atoms with Crippen molar-refractivity contribution in [2.45, 2.75) is 26.0 Å². The van der Waals surface area contributed by atoms with Crippen LogP contribution in [0.15, 0.2) is 48.5 Å². The molecule has 0 saturated heterocycles. The van der Waals surface area contributed by atoms with Crippen LogP contribution in [0, 0.1) is 0 Å². The molecule has 1 aliphatic rings. The molecule has 0 aromatic heterocycles. The van der Waals surface area contributed by atoms with E-state index in [0.717, 1.165) is 17.6 Å². The van der Waals surface area contributed by atoms with Gasteiger partial charge in [-0.2, -0.15) is 0 Å². The van der Waals surface area contributed by atoms with Gasteiger partial charge in [0.2, 0.25) is 10.0 Å². The number of anilines is 1. The Morgan fingerprint density at radius 1 is 1.25 bits per heavy atom. The summed E-state index contributed by atoms with van der Waals surface area (Å²) in [5.41, 5.74) is 1.35. The number of para-hydroxylation sites is 2. The first-order valence-corrected chi connectivity index (χ1v) is 10.9. The van der Waals surface area contributed by atoms with Crippen molar-refractivity contribution in [3.8, 4) is 11.5 Å². The SMILES string of the molecule is CCOc1ccc([C@H](C)NC(=O)[C@H]2CN(S(C)(=O)=O)c3ccccc3O2)cc1. The second-order valence-electron chi connectivity index (χ2n) is 6.60. The van der Waals surface area contributed by atoms with Crippen LogP contribution in [0.25, 0.3) is 0 Å². The normalized spacial score (nSPS) is 17.2. The molecule has 150 valence electrons. The summed E-state index contributed by atoms with van der Waals surface area (Å²) in [6.07, 6.45) is 0.182. The van der Waals surface area contributed by atoms with E-state index in [9.17, 15) is 13.2 Å². The lowest BCUT2D eigenvalue weighted by Crippen LogP contribution is -2.50. The van der Waals surface area contributed by atoms with Gasteiger partial charge >= 0.3 is 0 Å². The first kappa shape index (κ1) is 20.0. The number of carbonyl (C=O) groups is 1. The second kappa shape index (κ2) is 8.10. The number of nitrogens with one attached hydrogen (secondary N) is 1. The molecule has 0 spiro atoms. The van der Waals surface area contributed by atoms with Gasteiger partial charge in [-0.3, -0.25) is 9.10 Å². The monoisotopic (exact) mass is 404 g/mol. The fourth-order valence-corrected chi connectivity index (χ4v) is 3.98. The van der Waals surface area contributed by atoms with Crippen molar-refractivity contribution in [3.63, 3.8) is 0 Å². The quantitative estimate of drug-likeness (QED) is 0.800. The van der Waals surface area contributed by atoms with E-state index < -0.39 is 16.1 Å². The Labute approximate surface area is 165 Å². The standard InChI is InChI=1S/C20H24N2O5S/c1-4-26-16-11-9-15(10-12-16)14(2)21-20(23)19-13-22(28(3,24)25)17-7-5-6-8-18(17)27-19/h5-12,14,19H,4,13H2,1-3H3,(H,21,23)/t14-,19+/m0/s1. The van der Waals surface area contributed by atoms with Gasteiger partial charge in [0, 0.05) is 0 Å². The van der Waals surface area contributed by atoms with Crippen molar-refractivity contribution in [2.24, 2.45) is 0 Å². The lowest BCUT2D eigenvalue weighted by Gasteiger charge is -2.34. The topological polar surface area (TPSA) is 84.9 Å². The molecule has 1 N–H and O–H groups in total. The van der Waals surface area contributed by atoms with E-state index in [-0.39, 0.29) is 18.5 Å². The molecule has 3 rings (SSSR count). The van der Waals surface area contributed by atoms with Crippen molar-refractivity contribution < 1.29 is 22.7 Å². The summed E-state index contributed by atoms with van der Waals surface area (Å²) >= 11 is 0. The average Bonchev–Trinajstić information content (AvgIpc) is 2.67. The maximum atomic E-state index is 12.8. The van der Waals surface area contributed by atoms with Crippen LogP contribution < -0.4 is 19.1 Å². The Morgan fingerprint density at radius 2 is 1.93 bits per heavy atom. The van der Waals surface area contributed by atoms with Gasteiger partial charge in [0.25, 0.3) is 5.91 Å². The van der Waals surface area contributed by atoms with Gasteiger partial charge in [0.05, 0.1) is 31.1 Å². The van der Waals surface area contributed by atoms with E-state index in [1.54, 1.807) is 24.3 Å². The smallest absolute Gasteiger partial charge is 0.263 e. The third-order valence-electron chi connectivity index (χ3n) is 4.48. The van der Waals surface area contributed by atoms with Crippen LogP contribution in [0.5, 0.6) is 11.5 Å². The minimum absolute atomic E-state index is 0.0717. The van der Waals surface area contributed by atoms with Crippen molar-refractivity contribution in [2.75, 3.05) is 23.7 Å². The van der Waals surface area contributed by atoms with Crippen molar-refractivity contribution in [1.29, 1.82) is 0 Å². The molecular formula is C20H24N2O5S. The van der Waals surface area contributed by atoms with Crippen LogP contribution in [0.4, 0.5) is 5.69 Å². The van der Waals surface area contributed by atoms with E-state index in [1.165, 1.54) is 4.31 Å². The third-order valence-corrected chi connectivity index (χ3v) is 5.62. The Hall–Kier alpha value is -2.74. The Balaban J connectivity index is 1.74. The first-order chi connectivity index (χ1) is 13.3. The molecule has 28 heavy (non-hydrogen) atoms. The maximum absolute atomic E-state index is 12.8. The molecule has 2 atom stereocenters. The number of carbonyl (C=O) groups excluding carboxylic acids is 1. The van der Waals surface area contributed by atoms with Crippen LogP contribution in [0.1, 0.15) is 25.5 Å². The third kappa shape index (κ3) is 4.39. The summed E-state index contributed by atoms with van der Waals surface area (Å²) in [5.74, 6) is 0.762. The summed E-state index contributed by atoms with van der Waals surface area (Å²) in [7, 11) is -3.54. The minimum Gasteiger partial charge on any atom is -0.494 e. The van der Waals surface area contributed by atoms with Gasteiger partial charge in [-0.05, 0) is 43.7 Å². The molecular weight excluding hydrogens is 380 g/mol. The van der Waals surface area contributed by atoms with E-state index >= 15 is 0 Å². The van der Waals surface area contributed by atoms with Gasteiger partial charge in [-0.1, -0.05) is 24.3 Å². The molecule has 8 heteroatoms. The lowest BCUT2D eigenvalue weighted by molar-refractivity contribution is -0.128. The van der Waals surface area contributed by atoms with Gasteiger partial charge in [-0.15, -0.1) is 0 Å². The summed E-state index contributed by atoms with van der Waals surface area (Å²) in [6, 6.07) is 14.0. The fraction of sp³-hybridized carbons (Fsp3) is 0.350. The van der Waals surface area contributed by atoms with Crippen molar-refractivity contribution in [1.82, 2.24) is 5.32 Å². The van der Waals surface area contributed by atoms with E-state index in [2.05, 4.69) is 5.32 Å². The fourth-order valence-electron chi connectivity index (χ4n) is 3.06. The predicted octanol–water partition coefficient (Wildman–Crippen LogP) is 2.49. The lowest BCUT2D eigenvalue weighted by atomic mass is 10.1. The number of nitrogens with zero attached hydrogens (tertiary/aromatic N) is 1. The number of benzene rings is 2. The summed E-state index contributed by atoms with van der Waals surface area (Å²) in [4.78, 5) is 12.8. The highest BCUT2D eigenvalue weighted by atomic mass is 32.2. The molecule has 0 fully saturated rings. The van der Waals surface area contributed by atoms with Crippen molar-refractivity contribution in [3.05, 3.63) is 54.1 Å². The van der Waals surface area contributed by atoms with Crippen LogP contribution in [0.2, 0.25) is 0 Å². The van der Waals surface area contributed by atoms with Crippen LogP contribution >= 0.6 is 0 Å². The summed E-state index contributed by atoms with van der Waals surface area (Å²) in [5, 5.41) is 2.89. The largest absolute Gasteiger partial charge is 0.494 e. The second-order valence-corrected chi connectivity index (χ2v) is 8.51. The molecule has 0 aliphatic carbocycles. The van der Waals surface area contributed by atoms with Crippen LogP contribution in [0.3, 0.4) is 0 Å². The van der Waals surface area contributed by atoms with Crippen LogP contribution in [-0.2, 0) is 14.8 Å². The predicted molar refractivity (Wildman–Crippen MR) is 107 cm³/mol. The summed E-state index contributed by atoms with van der Waals surface area (Å²) < 4.78 is 36.7. The molecule has 2 aromatic rings. The maximum Gasteiger partial charge on any atom is 0.263 e. The number of hydrogen-bond acceptors (Lipinski definition) is 5.